The fraction of sp³-hybridized carbons (Fsp3) is 0.529. The highest BCUT2D eigenvalue weighted by molar-refractivity contribution is 7.17. The Bertz CT molecular complexity index is 568. The van der Waals surface area contributed by atoms with Gasteiger partial charge in [-0.1, -0.05) is 13.8 Å². The summed E-state index contributed by atoms with van der Waals surface area (Å²) >= 11 is 1.92. The Balaban J connectivity index is 1.73. The maximum absolute atomic E-state index is 3.54. The molecule has 1 aliphatic carbocycles. The van der Waals surface area contributed by atoms with Gasteiger partial charge in [-0.2, -0.15) is 0 Å². The maximum Gasteiger partial charge on any atom is 0.0348 e. The van der Waals surface area contributed by atoms with E-state index in [0.717, 1.165) is 25.4 Å². The van der Waals surface area contributed by atoms with Crippen molar-refractivity contribution in [1.82, 2.24) is 5.32 Å². The molecule has 1 nitrogen and oxygen atoms in total. The SMILES string of the molecule is CC(C)CNCCc1csc2cc3c(cc12)CCC3. The average molecular weight is 273 g/mol. The summed E-state index contributed by atoms with van der Waals surface area (Å²) in [6.45, 7) is 6.74. The van der Waals surface area contributed by atoms with E-state index in [0.29, 0.717) is 0 Å². The number of hydrogen-bond acceptors (Lipinski definition) is 2. The molecule has 0 saturated carbocycles. The zero-order valence-electron chi connectivity index (χ0n) is 12.0. The standard InChI is InChI=1S/C17H23NS/c1-12(2)10-18-7-6-15-11-19-17-9-14-5-3-4-13(14)8-16(15)17/h8-9,11-12,18H,3-7,10H2,1-2H3. The van der Waals surface area contributed by atoms with Crippen LogP contribution in [0.3, 0.4) is 0 Å². The van der Waals surface area contributed by atoms with E-state index in [1.54, 1.807) is 11.1 Å². The van der Waals surface area contributed by atoms with Gasteiger partial charge in [0.1, 0.15) is 0 Å². The first-order valence-electron chi connectivity index (χ1n) is 7.46. The van der Waals surface area contributed by atoms with E-state index >= 15 is 0 Å². The highest BCUT2D eigenvalue weighted by Crippen LogP contribution is 2.33. The summed E-state index contributed by atoms with van der Waals surface area (Å²) in [7, 11) is 0. The van der Waals surface area contributed by atoms with Crippen molar-refractivity contribution in [3.05, 3.63) is 34.2 Å². The lowest BCUT2D eigenvalue weighted by atomic mass is 10.0. The summed E-state index contributed by atoms with van der Waals surface area (Å²) in [4.78, 5) is 0. The molecule has 0 fully saturated rings. The molecule has 1 aromatic carbocycles. The first kappa shape index (κ1) is 13.1. The second kappa shape index (κ2) is 5.64. The van der Waals surface area contributed by atoms with Gasteiger partial charge in [0.05, 0.1) is 0 Å². The third-order valence-corrected chi connectivity index (χ3v) is 4.99. The number of thiophene rings is 1. The quantitative estimate of drug-likeness (QED) is 0.806. The summed E-state index contributed by atoms with van der Waals surface area (Å²) < 4.78 is 1.49. The van der Waals surface area contributed by atoms with Gasteiger partial charge in [-0.3, -0.25) is 0 Å². The highest BCUT2D eigenvalue weighted by Gasteiger charge is 2.14. The van der Waals surface area contributed by atoms with Crippen LogP contribution in [0, 0.1) is 5.92 Å². The predicted molar refractivity (Wildman–Crippen MR) is 85.3 cm³/mol. The van der Waals surface area contributed by atoms with Crippen LogP contribution in [0.5, 0.6) is 0 Å². The van der Waals surface area contributed by atoms with Crippen LogP contribution in [-0.2, 0) is 19.3 Å². The van der Waals surface area contributed by atoms with E-state index in [-0.39, 0.29) is 0 Å². The van der Waals surface area contributed by atoms with E-state index in [9.17, 15) is 0 Å². The Hall–Kier alpha value is -0.860. The Morgan fingerprint density at radius 3 is 2.79 bits per heavy atom. The van der Waals surface area contributed by atoms with Crippen molar-refractivity contribution in [2.45, 2.75) is 39.5 Å². The number of nitrogens with one attached hydrogen (secondary N) is 1. The number of hydrogen-bond donors (Lipinski definition) is 1. The summed E-state index contributed by atoms with van der Waals surface area (Å²) in [5.41, 5.74) is 4.73. The van der Waals surface area contributed by atoms with Crippen LogP contribution in [-0.4, -0.2) is 13.1 Å². The molecule has 0 saturated heterocycles. The molecular weight excluding hydrogens is 250 g/mol. The highest BCUT2D eigenvalue weighted by atomic mass is 32.1. The minimum Gasteiger partial charge on any atom is -0.316 e. The fourth-order valence-corrected chi connectivity index (χ4v) is 4.00. The molecule has 2 aromatic rings. The molecule has 0 radical (unpaired) electrons. The molecule has 1 N–H and O–H groups in total. The third kappa shape index (κ3) is 2.85. The molecule has 1 aliphatic rings. The third-order valence-electron chi connectivity index (χ3n) is 3.99. The van der Waals surface area contributed by atoms with Gasteiger partial charge in [-0.05, 0) is 84.3 Å². The Labute approximate surface area is 120 Å². The zero-order valence-corrected chi connectivity index (χ0v) is 12.8. The summed E-state index contributed by atoms with van der Waals surface area (Å²) in [6, 6.07) is 4.90. The summed E-state index contributed by atoms with van der Waals surface area (Å²) in [5.74, 6) is 0.738. The van der Waals surface area contributed by atoms with Crippen LogP contribution in [0.25, 0.3) is 10.1 Å². The van der Waals surface area contributed by atoms with Crippen molar-refractivity contribution in [2.75, 3.05) is 13.1 Å². The van der Waals surface area contributed by atoms with Gasteiger partial charge < -0.3 is 5.32 Å². The van der Waals surface area contributed by atoms with Gasteiger partial charge in [-0.15, -0.1) is 11.3 Å². The summed E-state index contributed by atoms with van der Waals surface area (Å²) in [6.07, 6.45) is 5.07. The Kier molecular flexibility index (Phi) is 3.90. The van der Waals surface area contributed by atoms with E-state index in [1.807, 2.05) is 11.3 Å². The molecule has 1 heterocycles. The largest absolute Gasteiger partial charge is 0.316 e. The fourth-order valence-electron chi connectivity index (χ4n) is 2.96. The average Bonchev–Trinajstić information content (AvgIpc) is 2.98. The predicted octanol–water partition coefficient (Wildman–Crippen LogP) is 4.18. The molecular formula is C17H23NS. The molecule has 0 atom stereocenters. The maximum atomic E-state index is 3.54. The van der Waals surface area contributed by atoms with E-state index in [2.05, 4.69) is 36.7 Å². The Morgan fingerprint density at radius 1 is 1.21 bits per heavy atom. The second-order valence-electron chi connectivity index (χ2n) is 6.08. The van der Waals surface area contributed by atoms with Crippen LogP contribution < -0.4 is 5.32 Å². The van der Waals surface area contributed by atoms with Crippen molar-refractivity contribution < 1.29 is 0 Å². The summed E-state index contributed by atoms with van der Waals surface area (Å²) in [5, 5.41) is 7.41. The van der Waals surface area contributed by atoms with Gasteiger partial charge in [0, 0.05) is 4.70 Å². The van der Waals surface area contributed by atoms with Crippen molar-refractivity contribution in [2.24, 2.45) is 5.92 Å². The smallest absolute Gasteiger partial charge is 0.0348 e. The minimum atomic E-state index is 0.738. The Morgan fingerprint density at radius 2 is 2.00 bits per heavy atom. The molecule has 0 spiro atoms. The van der Waals surface area contributed by atoms with Crippen molar-refractivity contribution in [1.29, 1.82) is 0 Å². The normalized spacial score (nSPS) is 14.5. The minimum absolute atomic E-state index is 0.738. The van der Waals surface area contributed by atoms with Crippen molar-refractivity contribution >= 4 is 21.4 Å². The lowest BCUT2D eigenvalue weighted by molar-refractivity contribution is 0.555. The monoisotopic (exact) mass is 273 g/mol. The van der Waals surface area contributed by atoms with Crippen LogP contribution in [0.1, 0.15) is 37.0 Å². The molecule has 1 aromatic heterocycles. The van der Waals surface area contributed by atoms with Gasteiger partial charge in [0.15, 0.2) is 0 Å². The number of fused-ring (bicyclic) bond motifs is 2. The van der Waals surface area contributed by atoms with Crippen LogP contribution in [0.15, 0.2) is 17.5 Å². The van der Waals surface area contributed by atoms with E-state index in [4.69, 9.17) is 0 Å². The van der Waals surface area contributed by atoms with Crippen LogP contribution in [0.2, 0.25) is 0 Å². The van der Waals surface area contributed by atoms with Crippen LogP contribution in [0.4, 0.5) is 0 Å². The molecule has 0 amide bonds. The molecule has 19 heavy (non-hydrogen) atoms. The topological polar surface area (TPSA) is 12.0 Å². The molecule has 0 unspecified atom stereocenters. The zero-order chi connectivity index (χ0) is 13.2. The number of aryl methyl sites for hydroxylation is 2. The molecule has 3 rings (SSSR count). The molecule has 102 valence electrons. The lowest BCUT2D eigenvalue weighted by Gasteiger charge is -2.07. The first-order valence-corrected chi connectivity index (χ1v) is 8.34. The van der Waals surface area contributed by atoms with Crippen LogP contribution >= 0.6 is 11.3 Å². The lowest BCUT2D eigenvalue weighted by Crippen LogP contribution is -2.21. The van der Waals surface area contributed by atoms with Crippen molar-refractivity contribution in [3.8, 4) is 0 Å². The molecule has 2 heteroatoms. The second-order valence-corrected chi connectivity index (χ2v) is 6.99. The van der Waals surface area contributed by atoms with Gasteiger partial charge >= 0.3 is 0 Å². The molecule has 0 aliphatic heterocycles. The number of benzene rings is 1. The van der Waals surface area contributed by atoms with Crippen molar-refractivity contribution in [3.63, 3.8) is 0 Å². The molecule has 0 bridgehead atoms. The van der Waals surface area contributed by atoms with Gasteiger partial charge in [-0.25, -0.2) is 0 Å². The van der Waals surface area contributed by atoms with E-state index < -0.39 is 0 Å². The van der Waals surface area contributed by atoms with E-state index in [1.165, 1.54) is 34.9 Å². The van der Waals surface area contributed by atoms with Gasteiger partial charge in [0.25, 0.3) is 0 Å². The first-order chi connectivity index (χ1) is 9.24. The number of rotatable bonds is 5. The van der Waals surface area contributed by atoms with Gasteiger partial charge in [0.2, 0.25) is 0 Å².